The van der Waals surface area contributed by atoms with Crippen molar-refractivity contribution >= 4 is 29.9 Å². The van der Waals surface area contributed by atoms with Gasteiger partial charge < -0.3 is 19.9 Å². The van der Waals surface area contributed by atoms with Crippen LogP contribution in [0.5, 0.6) is 5.75 Å². The van der Waals surface area contributed by atoms with Crippen LogP contribution in [0.3, 0.4) is 0 Å². The highest BCUT2D eigenvalue weighted by Crippen LogP contribution is 2.18. The molecule has 8 heteroatoms. The van der Waals surface area contributed by atoms with Gasteiger partial charge in [0.1, 0.15) is 17.4 Å². The number of nitrogens with zero attached hydrogens (tertiary/aromatic N) is 4. The Morgan fingerprint density at radius 1 is 1.17 bits per heavy atom. The Balaban J connectivity index is 0.00000300. The molecule has 2 aromatic rings. The van der Waals surface area contributed by atoms with Crippen LogP contribution in [0.4, 0.5) is 0 Å². The summed E-state index contributed by atoms with van der Waals surface area (Å²) in [6.45, 7) is 5.40. The second-order valence-electron chi connectivity index (χ2n) is 7.03. The molecule has 0 amide bonds. The fourth-order valence-corrected chi connectivity index (χ4v) is 3.52. The Bertz CT molecular complexity index is 776. The molecule has 0 saturated heterocycles. The van der Waals surface area contributed by atoms with Crippen molar-refractivity contribution in [1.82, 2.24) is 25.4 Å². The zero-order valence-corrected chi connectivity index (χ0v) is 19.8. The maximum atomic E-state index is 5.41. The summed E-state index contributed by atoms with van der Waals surface area (Å²) in [4.78, 5) is 4.69. The van der Waals surface area contributed by atoms with Crippen LogP contribution >= 0.6 is 24.0 Å². The first-order valence-corrected chi connectivity index (χ1v) is 10.4. The zero-order valence-electron chi connectivity index (χ0n) is 17.5. The Hall–Kier alpha value is -1.84. The van der Waals surface area contributed by atoms with Crippen LogP contribution in [-0.4, -0.2) is 40.9 Å². The standard InChI is InChI=1S/C21H32N6O.HI/c1-3-22-21(24-16-17-10-6-7-11-18(17)28-2)23-14-9-13-20-26-25-19-12-5-4-8-15-27(19)20;/h6-7,10-11H,3-5,8-9,12-16H2,1-2H3,(H2,22,23,24);1H. The summed E-state index contributed by atoms with van der Waals surface area (Å²) >= 11 is 0. The van der Waals surface area contributed by atoms with Crippen LogP contribution in [0, 0.1) is 0 Å². The van der Waals surface area contributed by atoms with Crippen molar-refractivity contribution in [3.05, 3.63) is 41.5 Å². The van der Waals surface area contributed by atoms with Gasteiger partial charge in [0.15, 0.2) is 5.96 Å². The second-order valence-corrected chi connectivity index (χ2v) is 7.03. The normalized spacial score (nSPS) is 13.8. The SMILES string of the molecule is CCNC(=NCc1ccccc1OC)NCCCc1nnc2n1CCCCC2.I. The highest BCUT2D eigenvalue weighted by Gasteiger charge is 2.14. The average Bonchev–Trinajstić information content (AvgIpc) is 2.95. The Kier molecular flexibility index (Phi) is 10.2. The maximum absolute atomic E-state index is 5.41. The topological polar surface area (TPSA) is 76.4 Å². The molecule has 7 nitrogen and oxygen atoms in total. The minimum absolute atomic E-state index is 0. The molecule has 0 fully saturated rings. The van der Waals surface area contributed by atoms with E-state index in [0.717, 1.165) is 67.8 Å². The lowest BCUT2D eigenvalue weighted by Gasteiger charge is -2.12. The molecule has 29 heavy (non-hydrogen) atoms. The monoisotopic (exact) mass is 512 g/mol. The fourth-order valence-electron chi connectivity index (χ4n) is 3.52. The van der Waals surface area contributed by atoms with E-state index < -0.39 is 0 Å². The number of rotatable bonds is 8. The van der Waals surface area contributed by atoms with Gasteiger partial charge in [0.2, 0.25) is 0 Å². The van der Waals surface area contributed by atoms with Crippen molar-refractivity contribution in [2.24, 2.45) is 4.99 Å². The van der Waals surface area contributed by atoms with E-state index in [2.05, 4.69) is 32.3 Å². The van der Waals surface area contributed by atoms with E-state index >= 15 is 0 Å². The molecule has 1 aromatic carbocycles. The van der Waals surface area contributed by atoms with Gasteiger partial charge in [0.05, 0.1) is 13.7 Å². The zero-order chi connectivity index (χ0) is 19.6. The number of aromatic nitrogens is 3. The molecule has 0 aliphatic carbocycles. The molecule has 1 aliphatic rings. The summed E-state index contributed by atoms with van der Waals surface area (Å²) in [5.41, 5.74) is 1.08. The lowest BCUT2D eigenvalue weighted by atomic mass is 10.2. The third-order valence-electron chi connectivity index (χ3n) is 5.00. The van der Waals surface area contributed by atoms with E-state index in [1.165, 1.54) is 19.3 Å². The van der Waals surface area contributed by atoms with Gasteiger partial charge in [-0.05, 0) is 32.3 Å². The quantitative estimate of drug-likeness (QED) is 0.246. The lowest BCUT2D eigenvalue weighted by molar-refractivity contribution is 0.410. The van der Waals surface area contributed by atoms with Crippen LogP contribution < -0.4 is 15.4 Å². The highest BCUT2D eigenvalue weighted by atomic mass is 127. The first-order valence-electron chi connectivity index (χ1n) is 10.4. The summed E-state index contributed by atoms with van der Waals surface area (Å²) in [7, 11) is 1.69. The van der Waals surface area contributed by atoms with Crippen molar-refractivity contribution in [2.75, 3.05) is 20.2 Å². The van der Waals surface area contributed by atoms with Gasteiger partial charge in [-0.3, -0.25) is 0 Å². The van der Waals surface area contributed by atoms with Gasteiger partial charge in [-0.2, -0.15) is 0 Å². The van der Waals surface area contributed by atoms with Crippen LogP contribution in [0.15, 0.2) is 29.3 Å². The van der Waals surface area contributed by atoms with Crippen LogP contribution in [0.25, 0.3) is 0 Å². The number of aliphatic imine (C=N–C) groups is 1. The van der Waals surface area contributed by atoms with Crippen LogP contribution in [0.1, 0.15) is 49.8 Å². The Morgan fingerprint density at radius 3 is 2.86 bits per heavy atom. The van der Waals surface area contributed by atoms with Crippen LogP contribution in [0.2, 0.25) is 0 Å². The van der Waals surface area contributed by atoms with Gasteiger partial charge in [-0.1, -0.05) is 24.6 Å². The van der Waals surface area contributed by atoms with Gasteiger partial charge >= 0.3 is 0 Å². The minimum atomic E-state index is 0. The van der Waals surface area contributed by atoms with Crippen LogP contribution in [-0.2, 0) is 25.9 Å². The first-order chi connectivity index (χ1) is 13.8. The van der Waals surface area contributed by atoms with E-state index in [4.69, 9.17) is 9.73 Å². The molecule has 0 atom stereocenters. The van der Waals surface area contributed by atoms with E-state index in [1.54, 1.807) is 7.11 Å². The maximum Gasteiger partial charge on any atom is 0.191 e. The van der Waals surface area contributed by atoms with Crippen molar-refractivity contribution < 1.29 is 4.74 Å². The summed E-state index contributed by atoms with van der Waals surface area (Å²) in [5.74, 6) is 3.98. The van der Waals surface area contributed by atoms with Crippen molar-refractivity contribution in [2.45, 2.75) is 58.5 Å². The largest absolute Gasteiger partial charge is 0.496 e. The molecule has 0 bridgehead atoms. The molecule has 2 heterocycles. The molecule has 160 valence electrons. The number of benzene rings is 1. The molecule has 1 aromatic heterocycles. The van der Waals surface area contributed by atoms with E-state index in [-0.39, 0.29) is 24.0 Å². The number of halogens is 1. The average molecular weight is 512 g/mol. The predicted molar refractivity (Wildman–Crippen MR) is 127 cm³/mol. The molecule has 0 spiro atoms. The lowest BCUT2D eigenvalue weighted by Crippen LogP contribution is -2.37. The number of nitrogens with one attached hydrogen (secondary N) is 2. The highest BCUT2D eigenvalue weighted by molar-refractivity contribution is 14.0. The van der Waals surface area contributed by atoms with Crippen molar-refractivity contribution in [1.29, 1.82) is 0 Å². The third-order valence-corrected chi connectivity index (χ3v) is 5.00. The second kappa shape index (κ2) is 12.7. The summed E-state index contributed by atoms with van der Waals surface area (Å²) in [5, 5.41) is 15.5. The molecule has 1 aliphatic heterocycles. The molecule has 0 saturated carbocycles. The molecule has 3 rings (SSSR count). The number of aryl methyl sites for hydroxylation is 2. The number of fused-ring (bicyclic) bond motifs is 1. The molecular weight excluding hydrogens is 479 g/mol. The molecule has 0 radical (unpaired) electrons. The third kappa shape index (κ3) is 6.87. The fraction of sp³-hybridized carbons (Fsp3) is 0.571. The van der Waals surface area contributed by atoms with Gasteiger partial charge in [0.25, 0.3) is 0 Å². The van der Waals surface area contributed by atoms with Crippen molar-refractivity contribution in [3.8, 4) is 5.75 Å². The first kappa shape index (κ1) is 23.4. The van der Waals surface area contributed by atoms with Gasteiger partial charge in [-0.15, -0.1) is 34.2 Å². The van der Waals surface area contributed by atoms with Gasteiger partial charge in [-0.25, -0.2) is 4.99 Å². The Labute approximate surface area is 190 Å². The molecular formula is C21H33IN6O. The summed E-state index contributed by atoms with van der Waals surface area (Å²) in [6.07, 6.45) is 6.75. The smallest absolute Gasteiger partial charge is 0.191 e. The number of ether oxygens (including phenoxy) is 1. The summed E-state index contributed by atoms with van der Waals surface area (Å²) < 4.78 is 7.73. The number of para-hydroxylation sites is 1. The van der Waals surface area contributed by atoms with E-state index in [0.29, 0.717) is 6.54 Å². The van der Waals surface area contributed by atoms with E-state index in [9.17, 15) is 0 Å². The van der Waals surface area contributed by atoms with E-state index in [1.807, 2.05) is 24.3 Å². The molecule has 2 N–H and O–H groups in total. The van der Waals surface area contributed by atoms with Crippen molar-refractivity contribution in [3.63, 3.8) is 0 Å². The predicted octanol–water partition coefficient (Wildman–Crippen LogP) is 3.32. The molecule has 0 unspecified atom stereocenters. The minimum Gasteiger partial charge on any atom is -0.496 e. The number of hydrogen-bond donors (Lipinski definition) is 2. The number of methoxy groups -OCH3 is 1. The number of guanidine groups is 1. The number of hydrogen-bond acceptors (Lipinski definition) is 4. The Morgan fingerprint density at radius 2 is 2.03 bits per heavy atom. The van der Waals surface area contributed by atoms with Gasteiger partial charge in [0, 0.05) is 38.0 Å². The summed E-state index contributed by atoms with van der Waals surface area (Å²) in [6, 6.07) is 7.99.